The van der Waals surface area contributed by atoms with E-state index in [1.807, 2.05) is 13.8 Å². The molecule has 0 saturated carbocycles. The van der Waals surface area contributed by atoms with Crippen molar-refractivity contribution < 1.29 is 14.4 Å². The standard InChI is InChI=1S/C10H19ClNO3P/c1-8(11)7-10(2,3)9-5-4-6-12(9)16(13,14)15/h9H,1,4-7H2,2-3H3,(H2,13,14,15). The second-order valence-electron chi connectivity index (χ2n) is 5.02. The van der Waals surface area contributed by atoms with Crippen LogP contribution in [-0.4, -0.2) is 27.0 Å². The maximum absolute atomic E-state index is 11.3. The molecule has 6 heteroatoms. The normalized spacial score (nSPS) is 23.7. The van der Waals surface area contributed by atoms with Crippen molar-refractivity contribution >= 4 is 19.3 Å². The molecular formula is C10H19ClNO3P. The second-order valence-corrected chi connectivity index (χ2v) is 7.09. The average Bonchev–Trinajstić information content (AvgIpc) is 2.46. The van der Waals surface area contributed by atoms with Crippen LogP contribution >= 0.6 is 19.3 Å². The van der Waals surface area contributed by atoms with Crippen LogP contribution in [-0.2, 0) is 4.57 Å². The predicted molar refractivity (Wildman–Crippen MR) is 65.2 cm³/mol. The molecule has 0 aromatic rings. The lowest BCUT2D eigenvalue weighted by molar-refractivity contribution is 0.160. The largest absolute Gasteiger partial charge is 0.403 e. The summed E-state index contributed by atoms with van der Waals surface area (Å²) >= 11 is 5.80. The molecule has 0 amide bonds. The number of allylic oxidation sites excluding steroid dienone is 1. The van der Waals surface area contributed by atoms with Crippen molar-refractivity contribution in [1.29, 1.82) is 0 Å². The molecular weight excluding hydrogens is 249 g/mol. The molecule has 0 aliphatic carbocycles. The van der Waals surface area contributed by atoms with Crippen LogP contribution in [0.2, 0.25) is 0 Å². The van der Waals surface area contributed by atoms with Crippen molar-refractivity contribution in [3.8, 4) is 0 Å². The summed E-state index contributed by atoms with van der Waals surface area (Å²) in [5.41, 5.74) is -0.267. The summed E-state index contributed by atoms with van der Waals surface area (Å²) in [6.45, 7) is 8.05. The van der Waals surface area contributed by atoms with E-state index in [4.69, 9.17) is 11.6 Å². The Morgan fingerprint density at radius 3 is 2.62 bits per heavy atom. The van der Waals surface area contributed by atoms with Gasteiger partial charge < -0.3 is 9.79 Å². The fraction of sp³-hybridized carbons (Fsp3) is 0.800. The van der Waals surface area contributed by atoms with E-state index in [1.54, 1.807) is 0 Å². The first-order valence-electron chi connectivity index (χ1n) is 5.30. The minimum Gasteiger partial charge on any atom is -0.312 e. The van der Waals surface area contributed by atoms with E-state index in [2.05, 4.69) is 6.58 Å². The molecule has 1 aliphatic rings. The molecule has 16 heavy (non-hydrogen) atoms. The summed E-state index contributed by atoms with van der Waals surface area (Å²) < 4.78 is 12.6. The molecule has 1 fully saturated rings. The zero-order valence-corrected chi connectivity index (χ0v) is 11.3. The van der Waals surface area contributed by atoms with E-state index in [9.17, 15) is 14.4 Å². The molecule has 1 unspecified atom stereocenters. The molecule has 1 saturated heterocycles. The maximum atomic E-state index is 11.3. The van der Waals surface area contributed by atoms with E-state index < -0.39 is 7.75 Å². The fourth-order valence-electron chi connectivity index (χ4n) is 2.47. The van der Waals surface area contributed by atoms with Gasteiger partial charge in [0.2, 0.25) is 0 Å². The highest BCUT2D eigenvalue weighted by Crippen LogP contribution is 2.51. The summed E-state index contributed by atoms with van der Waals surface area (Å²) in [7, 11) is -4.15. The van der Waals surface area contributed by atoms with Crippen molar-refractivity contribution in [2.75, 3.05) is 6.54 Å². The third kappa shape index (κ3) is 3.31. The Labute approximate surface area is 101 Å². The Kier molecular flexibility index (Phi) is 4.25. The molecule has 0 bridgehead atoms. The first kappa shape index (κ1) is 14.2. The van der Waals surface area contributed by atoms with Gasteiger partial charge in [-0.2, -0.15) is 0 Å². The number of nitrogens with zero attached hydrogens (tertiary/aromatic N) is 1. The zero-order chi connectivity index (χ0) is 12.6. The van der Waals surface area contributed by atoms with Gasteiger partial charge in [0.1, 0.15) is 0 Å². The lowest BCUT2D eigenvalue weighted by atomic mass is 9.80. The highest BCUT2D eigenvalue weighted by atomic mass is 35.5. The summed E-state index contributed by atoms with van der Waals surface area (Å²) in [6, 6.07) is -0.135. The predicted octanol–water partition coefficient (Wildman–Crippen LogP) is 2.71. The number of halogens is 1. The highest BCUT2D eigenvalue weighted by molar-refractivity contribution is 7.49. The van der Waals surface area contributed by atoms with Crippen LogP contribution in [0.4, 0.5) is 0 Å². The molecule has 1 aliphatic heterocycles. The fourth-order valence-corrected chi connectivity index (χ4v) is 4.01. The molecule has 0 radical (unpaired) electrons. The molecule has 1 heterocycles. The third-order valence-corrected chi connectivity index (χ3v) is 4.39. The molecule has 94 valence electrons. The van der Waals surface area contributed by atoms with E-state index in [0.29, 0.717) is 18.0 Å². The van der Waals surface area contributed by atoms with Crippen LogP contribution in [0.5, 0.6) is 0 Å². The van der Waals surface area contributed by atoms with Gasteiger partial charge in [0.15, 0.2) is 0 Å². The topological polar surface area (TPSA) is 60.8 Å². The van der Waals surface area contributed by atoms with Gasteiger partial charge in [-0.3, -0.25) is 0 Å². The number of hydrogen-bond donors (Lipinski definition) is 2. The number of rotatable bonds is 4. The Morgan fingerprint density at radius 2 is 2.19 bits per heavy atom. The lowest BCUT2D eigenvalue weighted by Gasteiger charge is -2.37. The first-order chi connectivity index (χ1) is 7.14. The third-order valence-electron chi connectivity index (χ3n) is 3.11. The average molecular weight is 268 g/mol. The lowest BCUT2D eigenvalue weighted by Crippen LogP contribution is -2.39. The van der Waals surface area contributed by atoms with E-state index >= 15 is 0 Å². The molecule has 0 aromatic heterocycles. The maximum Gasteiger partial charge on any atom is 0.403 e. The van der Waals surface area contributed by atoms with Crippen LogP contribution in [0, 0.1) is 5.41 Å². The minimum absolute atomic E-state index is 0.135. The molecule has 1 atom stereocenters. The van der Waals surface area contributed by atoms with E-state index in [1.165, 1.54) is 4.67 Å². The molecule has 0 spiro atoms. The van der Waals surface area contributed by atoms with Crippen molar-refractivity contribution in [3.05, 3.63) is 11.6 Å². The SMILES string of the molecule is C=C(Cl)CC(C)(C)C1CCCN1P(=O)(O)O. The Morgan fingerprint density at radius 1 is 1.62 bits per heavy atom. The van der Waals surface area contributed by atoms with Crippen molar-refractivity contribution in [3.63, 3.8) is 0 Å². The van der Waals surface area contributed by atoms with Gasteiger partial charge >= 0.3 is 7.75 Å². The Bertz CT molecular complexity index is 326. The molecule has 2 N–H and O–H groups in total. The smallest absolute Gasteiger partial charge is 0.312 e. The zero-order valence-electron chi connectivity index (χ0n) is 9.69. The van der Waals surface area contributed by atoms with Gasteiger partial charge in [0.25, 0.3) is 0 Å². The second kappa shape index (κ2) is 4.79. The highest BCUT2D eigenvalue weighted by Gasteiger charge is 2.44. The summed E-state index contributed by atoms with van der Waals surface area (Å²) in [6.07, 6.45) is 2.17. The monoisotopic (exact) mass is 267 g/mol. The van der Waals surface area contributed by atoms with Gasteiger partial charge in [-0.1, -0.05) is 32.0 Å². The minimum atomic E-state index is -4.15. The van der Waals surface area contributed by atoms with Crippen molar-refractivity contribution in [1.82, 2.24) is 4.67 Å². The van der Waals surface area contributed by atoms with Crippen LogP contribution in [0.25, 0.3) is 0 Å². The van der Waals surface area contributed by atoms with Gasteiger partial charge in [-0.25, -0.2) is 9.24 Å². The van der Waals surface area contributed by atoms with Gasteiger partial charge in [-0.05, 0) is 24.7 Å². The van der Waals surface area contributed by atoms with Crippen LogP contribution < -0.4 is 0 Å². The van der Waals surface area contributed by atoms with E-state index in [0.717, 1.165) is 12.8 Å². The molecule has 1 rings (SSSR count). The van der Waals surface area contributed by atoms with Crippen LogP contribution in [0.15, 0.2) is 11.6 Å². The summed E-state index contributed by atoms with van der Waals surface area (Å²) in [4.78, 5) is 18.5. The van der Waals surface area contributed by atoms with Crippen LogP contribution in [0.3, 0.4) is 0 Å². The van der Waals surface area contributed by atoms with Crippen LogP contribution in [0.1, 0.15) is 33.1 Å². The Hall–Kier alpha value is 0.140. The molecule has 0 aromatic carbocycles. The molecule has 4 nitrogen and oxygen atoms in total. The van der Waals surface area contributed by atoms with Gasteiger partial charge in [0, 0.05) is 17.6 Å². The quantitative estimate of drug-likeness (QED) is 0.769. The number of hydrogen-bond acceptors (Lipinski definition) is 1. The van der Waals surface area contributed by atoms with E-state index in [-0.39, 0.29) is 11.5 Å². The first-order valence-corrected chi connectivity index (χ1v) is 7.25. The van der Waals surface area contributed by atoms with Gasteiger partial charge in [0.05, 0.1) is 0 Å². The summed E-state index contributed by atoms with van der Waals surface area (Å²) in [5, 5.41) is 0.530. The van der Waals surface area contributed by atoms with Crippen molar-refractivity contribution in [2.45, 2.75) is 39.2 Å². The van der Waals surface area contributed by atoms with Gasteiger partial charge in [-0.15, -0.1) is 0 Å². The van der Waals surface area contributed by atoms with Crippen molar-refractivity contribution in [2.24, 2.45) is 5.41 Å². The Balaban J connectivity index is 2.86. The summed E-state index contributed by atoms with van der Waals surface area (Å²) in [5.74, 6) is 0.